The van der Waals surface area contributed by atoms with Gasteiger partial charge in [-0.15, -0.1) is 0 Å². The number of thiocarbonyl (C=S) groups is 1. The minimum atomic E-state index is -0.601. The van der Waals surface area contributed by atoms with Crippen LogP contribution in [0.2, 0.25) is 5.02 Å². The number of amides is 1. The lowest BCUT2D eigenvalue weighted by Gasteiger charge is -2.11. The zero-order valence-corrected chi connectivity index (χ0v) is 11.6. The highest BCUT2D eigenvalue weighted by Gasteiger charge is 2.15. The van der Waals surface area contributed by atoms with Crippen LogP contribution in [0.4, 0.5) is 10.1 Å². The lowest BCUT2D eigenvalue weighted by atomic mass is 10.1. The number of pyridine rings is 1. The molecule has 20 heavy (non-hydrogen) atoms. The number of anilines is 1. The monoisotopic (exact) mass is 309 g/mol. The molecule has 2 aromatic rings. The number of hydrogen-bond donors (Lipinski definition) is 2. The van der Waals surface area contributed by atoms with Crippen molar-refractivity contribution in [2.24, 2.45) is 5.73 Å². The quantitative estimate of drug-likeness (QED) is 0.856. The topological polar surface area (TPSA) is 68.0 Å². The first-order chi connectivity index (χ1) is 9.50. The van der Waals surface area contributed by atoms with Crippen LogP contribution >= 0.6 is 23.8 Å². The molecule has 1 amide bonds. The third-order valence-electron chi connectivity index (χ3n) is 2.53. The summed E-state index contributed by atoms with van der Waals surface area (Å²) in [6, 6.07) is 5.62. The smallest absolute Gasteiger partial charge is 0.257 e. The van der Waals surface area contributed by atoms with Crippen LogP contribution in [0.3, 0.4) is 0 Å². The molecule has 0 aliphatic heterocycles. The van der Waals surface area contributed by atoms with Crippen LogP contribution in [-0.4, -0.2) is 15.9 Å². The van der Waals surface area contributed by atoms with E-state index < -0.39 is 11.7 Å². The Labute approximate surface area is 124 Å². The lowest BCUT2D eigenvalue weighted by molar-refractivity contribution is 0.102. The third-order valence-corrected chi connectivity index (χ3v) is 3.03. The number of halogens is 2. The Balaban J connectivity index is 2.36. The maximum atomic E-state index is 13.7. The molecule has 0 aliphatic rings. The van der Waals surface area contributed by atoms with Gasteiger partial charge in [0, 0.05) is 12.4 Å². The molecule has 0 saturated carbocycles. The van der Waals surface area contributed by atoms with Crippen molar-refractivity contribution in [3.05, 3.63) is 58.6 Å². The van der Waals surface area contributed by atoms with Gasteiger partial charge in [0.2, 0.25) is 0 Å². The van der Waals surface area contributed by atoms with Gasteiger partial charge in [-0.3, -0.25) is 9.78 Å². The molecule has 3 N–H and O–H groups in total. The lowest BCUT2D eigenvalue weighted by Crippen LogP contribution is -2.19. The molecule has 0 spiro atoms. The van der Waals surface area contributed by atoms with Crippen LogP contribution in [-0.2, 0) is 0 Å². The molecule has 0 saturated heterocycles. The average molecular weight is 310 g/mol. The zero-order valence-electron chi connectivity index (χ0n) is 10.1. The number of carbonyl (C=O) groups excluding carboxylic acids is 1. The number of hydrogen-bond acceptors (Lipinski definition) is 3. The maximum absolute atomic E-state index is 13.7. The summed E-state index contributed by atoms with van der Waals surface area (Å²) in [4.78, 5) is 15.7. The molecule has 0 fully saturated rings. The molecule has 0 unspecified atom stereocenters. The Morgan fingerprint density at radius 2 is 2.15 bits per heavy atom. The first-order valence-electron chi connectivity index (χ1n) is 5.50. The van der Waals surface area contributed by atoms with E-state index in [0.29, 0.717) is 0 Å². The van der Waals surface area contributed by atoms with Crippen molar-refractivity contribution in [1.29, 1.82) is 0 Å². The van der Waals surface area contributed by atoms with E-state index in [1.807, 2.05) is 0 Å². The summed E-state index contributed by atoms with van der Waals surface area (Å²) in [6.45, 7) is 0. The van der Waals surface area contributed by atoms with Crippen molar-refractivity contribution in [3.8, 4) is 0 Å². The minimum Gasteiger partial charge on any atom is -0.389 e. The number of carbonyl (C=O) groups is 1. The van der Waals surface area contributed by atoms with Gasteiger partial charge >= 0.3 is 0 Å². The van der Waals surface area contributed by atoms with E-state index in [9.17, 15) is 9.18 Å². The molecular formula is C13H9ClFN3OS. The van der Waals surface area contributed by atoms with Gasteiger partial charge in [-0.1, -0.05) is 29.9 Å². The molecule has 102 valence electrons. The summed E-state index contributed by atoms with van der Waals surface area (Å²) in [5.41, 5.74) is 5.86. The van der Waals surface area contributed by atoms with Crippen LogP contribution in [0.25, 0.3) is 0 Å². The highest BCUT2D eigenvalue weighted by atomic mass is 35.5. The van der Waals surface area contributed by atoms with E-state index in [4.69, 9.17) is 29.6 Å². The summed E-state index contributed by atoms with van der Waals surface area (Å²) in [6.07, 6.45) is 2.78. The van der Waals surface area contributed by atoms with Gasteiger partial charge < -0.3 is 11.1 Å². The number of rotatable bonds is 3. The molecule has 7 heteroatoms. The van der Waals surface area contributed by atoms with E-state index in [1.54, 1.807) is 0 Å². The minimum absolute atomic E-state index is 0.0129. The Hall–Kier alpha value is -2.05. The first-order valence-corrected chi connectivity index (χ1v) is 6.28. The highest BCUT2D eigenvalue weighted by molar-refractivity contribution is 7.80. The largest absolute Gasteiger partial charge is 0.389 e. The van der Waals surface area contributed by atoms with Crippen molar-refractivity contribution >= 4 is 40.4 Å². The zero-order chi connectivity index (χ0) is 14.7. The van der Waals surface area contributed by atoms with Gasteiger partial charge in [-0.05, 0) is 18.2 Å². The van der Waals surface area contributed by atoms with Crippen LogP contribution in [0.5, 0.6) is 0 Å². The predicted molar refractivity (Wildman–Crippen MR) is 79.5 cm³/mol. The summed E-state index contributed by atoms with van der Waals surface area (Å²) < 4.78 is 13.7. The van der Waals surface area contributed by atoms with Crippen molar-refractivity contribution in [1.82, 2.24) is 4.98 Å². The van der Waals surface area contributed by atoms with Gasteiger partial charge in [-0.25, -0.2) is 4.39 Å². The number of nitrogens with one attached hydrogen (secondary N) is 1. The van der Waals surface area contributed by atoms with Crippen LogP contribution in [0, 0.1) is 5.82 Å². The van der Waals surface area contributed by atoms with Gasteiger partial charge in [0.05, 0.1) is 21.8 Å². The molecule has 2 rings (SSSR count). The number of aromatic nitrogens is 1. The van der Waals surface area contributed by atoms with Gasteiger partial charge in [0.25, 0.3) is 5.91 Å². The van der Waals surface area contributed by atoms with E-state index in [-0.39, 0.29) is 26.8 Å². The normalized spacial score (nSPS) is 10.1. The molecule has 0 atom stereocenters. The summed E-state index contributed by atoms with van der Waals surface area (Å²) >= 11 is 10.7. The van der Waals surface area contributed by atoms with Crippen LogP contribution in [0.15, 0.2) is 36.7 Å². The maximum Gasteiger partial charge on any atom is 0.257 e. The van der Waals surface area contributed by atoms with Gasteiger partial charge in [0.15, 0.2) is 0 Å². The molecule has 4 nitrogen and oxygen atoms in total. The SMILES string of the molecule is NC(=S)c1c(F)cccc1NC(=O)c1ccncc1Cl. The standard InChI is InChI=1S/C13H9ClFN3OS/c14-8-6-17-5-4-7(8)13(19)18-10-3-1-2-9(15)11(10)12(16)20/h1-6H,(H2,16,20)(H,18,19). The van der Waals surface area contributed by atoms with Crippen molar-refractivity contribution in [2.75, 3.05) is 5.32 Å². The fraction of sp³-hybridized carbons (Fsp3) is 0. The second kappa shape index (κ2) is 5.94. The highest BCUT2D eigenvalue weighted by Crippen LogP contribution is 2.21. The van der Waals surface area contributed by atoms with Gasteiger partial charge in [-0.2, -0.15) is 0 Å². The summed E-state index contributed by atoms with van der Waals surface area (Å²) in [7, 11) is 0. The van der Waals surface area contributed by atoms with E-state index in [0.717, 1.165) is 0 Å². The molecule has 0 radical (unpaired) electrons. The third kappa shape index (κ3) is 2.92. The van der Waals surface area contributed by atoms with Crippen molar-refractivity contribution < 1.29 is 9.18 Å². The Bertz CT molecular complexity index is 693. The second-order valence-electron chi connectivity index (χ2n) is 3.84. The fourth-order valence-electron chi connectivity index (χ4n) is 1.63. The molecule has 1 aromatic carbocycles. The molecule has 0 aliphatic carbocycles. The van der Waals surface area contributed by atoms with E-state index in [1.165, 1.54) is 36.7 Å². The Morgan fingerprint density at radius 3 is 2.80 bits per heavy atom. The van der Waals surface area contributed by atoms with Gasteiger partial charge in [0.1, 0.15) is 10.8 Å². The molecule has 0 bridgehead atoms. The molecular weight excluding hydrogens is 301 g/mol. The van der Waals surface area contributed by atoms with E-state index >= 15 is 0 Å². The van der Waals surface area contributed by atoms with E-state index in [2.05, 4.69) is 10.3 Å². The Morgan fingerprint density at radius 1 is 1.40 bits per heavy atom. The van der Waals surface area contributed by atoms with Crippen LogP contribution < -0.4 is 11.1 Å². The summed E-state index contributed by atoms with van der Waals surface area (Å²) in [5, 5.41) is 2.72. The Kier molecular flexibility index (Phi) is 4.26. The number of benzene rings is 1. The fourth-order valence-corrected chi connectivity index (χ4v) is 2.04. The first kappa shape index (κ1) is 14.4. The molecule has 1 heterocycles. The van der Waals surface area contributed by atoms with Crippen LogP contribution in [0.1, 0.15) is 15.9 Å². The van der Waals surface area contributed by atoms with Crippen molar-refractivity contribution in [2.45, 2.75) is 0 Å². The number of nitrogens with two attached hydrogens (primary N) is 1. The summed E-state index contributed by atoms with van der Waals surface area (Å²) in [5.74, 6) is -1.10. The van der Waals surface area contributed by atoms with Crippen molar-refractivity contribution in [3.63, 3.8) is 0 Å². The number of nitrogens with zero attached hydrogens (tertiary/aromatic N) is 1. The second-order valence-corrected chi connectivity index (χ2v) is 4.68. The predicted octanol–water partition coefficient (Wildman–Crippen LogP) is 2.76. The molecule has 1 aromatic heterocycles. The average Bonchev–Trinajstić information content (AvgIpc) is 2.38.